The van der Waals surface area contributed by atoms with Gasteiger partial charge in [-0.1, -0.05) is 37.6 Å². The lowest BCUT2D eigenvalue weighted by Gasteiger charge is -2.06. The summed E-state index contributed by atoms with van der Waals surface area (Å²) in [5.74, 6) is 0.506. The SMILES string of the molecule is Cc1ccc(-c2nn(CC(C)C)cc2C=O)c(C)c1. The van der Waals surface area contributed by atoms with Crippen molar-refractivity contribution in [2.24, 2.45) is 5.92 Å². The van der Waals surface area contributed by atoms with Crippen molar-refractivity contribution in [2.45, 2.75) is 34.2 Å². The van der Waals surface area contributed by atoms with Gasteiger partial charge in [-0.25, -0.2) is 0 Å². The highest BCUT2D eigenvalue weighted by molar-refractivity contribution is 5.86. The lowest BCUT2D eigenvalue weighted by molar-refractivity contribution is 0.112. The number of aryl methyl sites for hydroxylation is 2. The maximum absolute atomic E-state index is 11.2. The summed E-state index contributed by atoms with van der Waals surface area (Å²) in [6, 6.07) is 6.21. The summed E-state index contributed by atoms with van der Waals surface area (Å²) >= 11 is 0. The van der Waals surface area contributed by atoms with Gasteiger partial charge < -0.3 is 0 Å². The Bertz CT molecular complexity index is 597. The van der Waals surface area contributed by atoms with Crippen LogP contribution in [-0.4, -0.2) is 16.1 Å². The van der Waals surface area contributed by atoms with E-state index in [0.29, 0.717) is 11.5 Å². The summed E-state index contributed by atoms with van der Waals surface area (Å²) in [7, 11) is 0. The molecule has 0 radical (unpaired) electrons. The number of aromatic nitrogens is 2. The van der Waals surface area contributed by atoms with E-state index in [4.69, 9.17) is 0 Å². The van der Waals surface area contributed by atoms with Crippen LogP contribution in [0.25, 0.3) is 11.3 Å². The number of carbonyl (C=O) groups excluding carboxylic acids is 1. The smallest absolute Gasteiger partial charge is 0.153 e. The second-order valence-corrected chi connectivity index (χ2v) is 5.49. The Morgan fingerprint density at radius 3 is 2.63 bits per heavy atom. The average Bonchev–Trinajstić information content (AvgIpc) is 2.71. The van der Waals surface area contributed by atoms with Gasteiger partial charge >= 0.3 is 0 Å². The summed E-state index contributed by atoms with van der Waals surface area (Å²) in [6.07, 6.45) is 2.72. The van der Waals surface area contributed by atoms with Crippen LogP contribution in [0.1, 0.15) is 35.3 Å². The van der Waals surface area contributed by atoms with E-state index >= 15 is 0 Å². The fourth-order valence-electron chi connectivity index (χ4n) is 2.28. The van der Waals surface area contributed by atoms with Crippen molar-refractivity contribution in [3.63, 3.8) is 0 Å². The van der Waals surface area contributed by atoms with Gasteiger partial charge in [-0.15, -0.1) is 0 Å². The molecule has 0 amide bonds. The van der Waals surface area contributed by atoms with Gasteiger partial charge in [0.15, 0.2) is 6.29 Å². The van der Waals surface area contributed by atoms with Crippen LogP contribution in [0.4, 0.5) is 0 Å². The Labute approximate surface area is 114 Å². The van der Waals surface area contributed by atoms with Crippen LogP contribution >= 0.6 is 0 Å². The van der Waals surface area contributed by atoms with Crippen molar-refractivity contribution in [3.8, 4) is 11.3 Å². The van der Waals surface area contributed by atoms with E-state index in [1.807, 2.05) is 16.9 Å². The largest absolute Gasteiger partial charge is 0.298 e. The molecule has 2 aromatic rings. The van der Waals surface area contributed by atoms with Crippen molar-refractivity contribution in [1.29, 1.82) is 0 Å². The highest BCUT2D eigenvalue weighted by Crippen LogP contribution is 2.25. The molecule has 0 unspecified atom stereocenters. The molecule has 0 N–H and O–H groups in total. The van der Waals surface area contributed by atoms with Gasteiger partial charge in [-0.05, 0) is 25.3 Å². The molecule has 0 bridgehead atoms. The Kier molecular flexibility index (Phi) is 3.84. The van der Waals surface area contributed by atoms with Crippen molar-refractivity contribution in [2.75, 3.05) is 0 Å². The Morgan fingerprint density at radius 1 is 1.32 bits per heavy atom. The van der Waals surface area contributed by atoms with E-state index in [1.165, 1.54) is 5.56 Å². The fourth-order valence-corrected chi connectivity index (χ4v) is 2.28. The Balaban J connectivity index is 2.48. The minimum absolute atomic E-state index is 0.506. The number of rotatable bonds is 4. The molecule has 100 valence electrons. The quantitative estimate of drug-likeness (QED) is 0.783. The number of carbonyl (C=O) groups is 1. The van der Waals surface area contributed by atoms with Crippen LogP contribution in [0, 0.1) is 19.8 Å². The van der Waals surface area contributed by atoms with Crippen LogP contribution in [0.3, 0.4) is 0 Å². The predicted molar refractivity (Wildman–Crippen MR) is 77.4 cm³/mol. The van der Waals surface area contributed by atoms with E-state index in [-0.39, 0.29) is 0 Å². The first-order chi connectivity index (χ1) is 9.01. The molecular weight excluding hydrogens is 236 g/mol. The molecular formula is C16H20N2O. The normalized spacial score (nSPS) is 11.0. The first-order valence-corrected chi connectivity index (χ1v) is 6.61. The third-order valence-corrected chi connectivity index (χ3v) is 3.11. The summed E-state index contributed by atoms with van der Waals surface area (Å²) < 4.78 is 1.86. The molecule has 0 aliphatic rings. The van der Waals surface area contributed by atoms with E-state index in [9.17, 15) is 4.79 Å². The zero-order chi connectivity index (χ0) is 14.0. The zero-order valence-electron chi connectivity index (χ0n) is 12.0. The third-order valence-electron chi connectivity index (χ3n) is 3.11. The van der Waals surface area contributed by atoms with Crippen LogP contribution in [-0.2, 0) is 6.54 Å². The van der Waals surface area contributed by atoms with Crippen molar-refractivity contribution < 1.29 is 4.79 Å². The second-order valence-electron chi connectivity index (χ2n) is 5.49. The summed E-state index contributed by atoms with van der Waals surface area (Å²) in [5.41, 5.74) is 4.85. The Morgan fingerprint density at radius 2 is 2.05 bits per heavy atom. The monoisotopic (exact) mass is 256 g/mol. The van der Waals surface area contributed by atoms with Gasteiger partial charge in [-0.2, -0.15) is 5.10 Å². The third kappa shape index (κ3) is 2.92. The van der Waals surface area contributed by atoms with Crippen molar-refractivity contribution in [1.82, 2.24) is 9.78 Å². The summed E-state index contributed by atoms with van der Waals surface area (Å²) in [4.78, 5) is 11.2. The molecule has 0 aliphatic heterocycles. The lowest BCUT2D eigenvalue weighted by Crippen LogP contribution is -2.04. The van der Waals surface area contributed by atoms with Crippen LogP contribution in [0.5, 0.6) is 0 Å². The maximum atomic E-state index is 11.2. The van der Waals surface area contributed by atoms with E-state index in [1.54, 1.807) is 0 Å². The van der Waals surface area contributed by atoms with Crippen LogP contribution in [0.15, 0.2) is 24.4 Å². The number of benzene rings is 1. The summed E-state index contributed by atoms with van der Waals surface area (Å²) in [6.45, 7) is 9.22. The molecule has 3 heteroatoms. The second kappa shape index (κ2) is 5.39. The summed E-state index contributed by atoms with van der Waals surface area (Å²) in [5, 5.41) is 4.57. The van der Waals surface area contributed by atoms with Crippen molar-refractivity contribution in [3.05, 3.63) is 41.1 Å². The van der Waals surface area contributed by atoms with Gasteiger partial charge in [0.2, 0.25) is 0 Å². The first kappa shape index (κ1) is 13.5. The molecule has 0 atom stereocenters. The number of aldehydes is 1. The fraction of sp³-hybridized carbons (Fsp3) is 0.375. The van der Waals surface area contributed by atoms with Gasteiger partial charge in [0.25, 0.3) is 0 Å². The highest BCUT2D eigenvalue weighted by Gasteiger charge is 2.13. The molecule has 2 rings (SSSR count). The van der Waals surface area contributed by atoms with E-state index < -0.39 is 0 Å². The van der Waals surface area contributed by atoms with Gasteiger partial charge in [0.05, 0.1) is 5.56 Å². The molecule has 0 spiro atoms. The number of hydrogen-bond acceptors (Lipinski definition) is 2. The molecule has 0 saturated carbocycles. The Hall–Kier alpha value is -1.90. The molecule has 0 saturated heterocycles. The average molecular weight is 256 g/mol. The van der Waals surface area contributed by atoms with Crippen molar-refractivity contribution >= 4 is 6.29 Å². The van der Waals surface area contributed by atoms with Crippen LogP contribution < -0.4 is 0 Å². The van der Waals surface area contributed by atoms with E-state index in [0.717, 1.165) is 29.7 Å². The lowest BCUT2D eigenvalue weighted by atomic mass is 10.0. The molecule has 0 fully saturated rings. The predicted octanol–water partition coefficient (Wildman–Crippen LogP) is 3.64. The van der Waals surface area contributed by atoms with Gasteiger partial charge in [-0.3, -0.25) is 9.48 Å². The minimum atomic E-state index is 0.506. The molecule has 1 heterocycles. The molecule has 1 aromatic carbocycles. The molecule has 1 aromatic heterocycles. The zero-order valence-corrected chi connectivity index (χ0v) is 12.0. The van der Waals surface area contributed by atoms with Crippen LogP contribution in [0.2, 0.25) is 0 Å². The van der Waals surface area contributed by atoms with E-state index in [2.05, 4.69) is 44.9 Å². The maximum Gasteiger partial charge on any atom is 0.153 e. The standard InChI is InChI=1S/C16H20N2O/c1-11(2)8-18-9-14(10-19)16(17-18)15-6-5-12(3)7-13(15)4/h5-7,9-11H,8H2,1-4H3. The topological polar surface area (TPSA) is 34.9 Å². The highest BCUT2D eigenvalue weighted by atomic mass is 16.1. The molecule has 0 aliphatic carbocycles. The number of nitrogens with zero attached hydrogens (tertiary/aromatic N) is 2. The van der Waals surface area contributed by atoms with Gasteiger partial charge in [0, 0.05) is 18.3 Å². The number of hydrogen-bond donors (Lipinski definition) is 0. The minimum Gasteiger partial charge on any atom is -0.298 e. The molecule has 3 nitrogen and oxygen atoms in total. The first-order valence-electron chi connectivity index (χ1n) is 6.61. The van der Waals surface area contributed by atoms with Gasteiger partial charge in [0.1, 0.15) is 5.69 Å². The molecule has 19 heavy (non-hydrogen) atoms.